The molecule has 1 aromatic carbocycles. The maximum atomic E-state index is 13.8. The average molecular weight is 286 g/mol. The number of hydrogen-bond acceptors (Lipinski definition) is 1. The van der Waals surface area contributed by atoms with Gasteiger partial charge >= 0.3 is 0 Å². The van der Waals surface area contributed by atoms with E-state index in [0.29, 0.717) is 22.9 Å². The molecule has 1 unspecified atom stereocenters. The second-order valence-corrected chi connectivity index (χ2v) is 6.54. The summed E-state index contributed by atoms with van der Waals surface area (Å²) in [7, 11) is 0. The molecule has 1 atom stereocenters. The highest BCUT2D eigenvalue weighted by molar-refractivity contribution is 6.30. The summed E-state index contributed by atoms with van der Waals surface area (Å²) in [6.45, 7) is 10.6. The molecule has 1 nitrogen and oxygen atoms in total. The second kappa shape index (κ2) is 7.25. The lowest BCUT2D eigenvalue weighted by Crippen LogP contribution is -2.35. The zero-order valence-electron chi connectivity index (χ0n) is 12.4. The quantitative estimate of drug-likeness (QED) is 0.767. The summed E-state index contributed by atoms with van der Waals surface area (Å²) >= 11 is 5.95. The second-order valence-electron chi connectivity index (χ2n) is 6.10. The number of halogens is 2. The summed E-state index contributed by atoms with van der Waals surface area (Å²) in [5, 5.41) is 4.08. The van der Waals surface area contributed by atoms with Gasteiger partial charge in [-0.3, -0.25) is 0 Å². The lowest BCUT2D eigenvalue weighted by Gasteiger charge is -2.29. The van der Waals surface area contributed by atoms with Crippen LogP contribution in [0.15, 0.2) is 18.2 Å². The van der Waals surface area contributed by atoms with Gasteiger partial charge in [0, 0.05) is 11.6 Å². The fourth-order valence-corrected chi connectivity index (χ4v) is 2.31. The van der Waals surface area contributed by atoms with Crippen LogP contribution in [-0.2, 0) is 6.42 Å². The van der Waals surface area contributed by atoms with E-state index in [1.165, 1.54) is 6.07 Å². The topological polar surface area (TPSA) is 12.0 Å². The van der Waals surface area contributed by atoms with Gasteiger partial charge in [0.25, 0.3) is 0 Å². The highest BCUT2D eigenvalue weighted by Crippen LogP contribution is 2.28. The first-order valence-electron chi connectivity index (χ1n) is 7.01. The van der Waals surface area contributed by atoms with Crippen molar-refractivity contribution >= 4 is 11.6 Å². The molecule has 0 radical (unpaired) electrons. The molecule has 1 rings (SSSR count). The third-order valence-electron chi connectivity index (χ3n) is 3.58. The normalized spacial score (nSPS) is 14.7. The van der Waals surface area contributed by atoms with Gasteiger partial charge in [-0.25, -0.2) is 4.39 Å². The number of nitrogens with one attached hydrogen (secondary N) is 1. The molecule has 0 bridgehead atoms. The fraction of sp³-hybridized carbons (Fsp3) is 0.625. The Morgan fingerprint density at radius 3 is 2.63 bits per heavy atom. The van der Waals surface area contributed by atoms with E-state index in [1.54, 1.807) is 12.1 Å². The molecule has 1 aromatic rings. The molecule has 19 heavy (non-hydrogen) atoms. The van der Waals surface area contributed by atoms with Crippen LogP contribution < -0.4 is 5.32 Å². The summed E-state index contributed by atoms with van der Waals surface area (Å²) < 4.78 is 13.8. The van der Waals surface area contributed by atoms with Crippen molar-refractivity contribution in [3.8, 4) is 0 Å². The molecular formula is C16H25ClFN. The van der Waals surface area contributed by atoms with Gasteiger partial charge in [-0.15, -0.1) is 0 Å². The molecule has 0 saturated carbocycles. The highest BCUT2D eigenvalue weighted by atomic mass is 35.5. The Hall–Kier alpha value is -0.600. The van der Waals surface area contributed by atoms with Crippen molar-refractivity contribution < 1.29 is 4.39 Å². The Morgan fingerprint density at radius 1 is 1.37 bits per heavy atom. The largest absolute Gasteiger partial charge is 0.316 e. The Bertz CT molecular complexity index is 406. The molecule has 0 aromatic heterocycles. The molecule has 0 fully saturated rings. The van der Waals surface area contributed by atoms with Crippen molar-refractivity contribution in [3.05, 3.63) is 34.6 Å². The van der Waals surface area contributed by atoms with Gasteiger partial charge in [-0.05, 0) is 54.5 Å². The smallest absolute Gasteiger partial charge is 0.126 e. The molecule has 0 aliphatic carbocycles. The minimum Gasteiger partial charge on any atom is -0.316 e. The Morgan fingerprint density at radius 2 is 2.05 bits per heavy atom. The fourth-order valence-electron chi connectivity index (χ4n) is 2.11. The monoisotopic (exact) mass is 285 g/mol. The average Bonchev–Trinajstić information content (AvgIpc) is 2.33. The van der Waals surface area contributed by atoms with Crippen molar-refractivity contribution in [2.45, 2.75) is 40.5 Å². The van der Waals surface area contributed by atoms with Crippen LogP contribution in [0, 0.1) is 17.2 Å². The minimum atomic E-state index is -0.159. The minimum absolute atomic E-state index is 0.0560. The number of hydrogen-bond donors (Lipinski definition) is 1. The molecular weight excluding hydrogens is 261 g/mol. The van der Waals surface area contributed by atoms with Gasteiger partial charge in [0.1, 0.15) is 5.82 Å². The predicted octanol–water partition coefficient (Wildman–Crippen LogP) is 4.68. The summed E-state index contributed by atoms with van der Waals surface area (Å²) in [6.07, 6.45) is 1.71. The summed E-state index contributed by atoms with van der Waals surface area (Å²) in [4.78, 5) is 0. The van der Waals surface area contributed by atoms with Crippen LogP contribution in [0.3, 0.4) is 0 Å². The first-order valence-corrected chi connectivity index (χ1v) is 7.39. The van der Waals surface area contributed by atoms with Crippen LogP contribution in [0.25, 0.3) is 0 Å². The van der Waals surface area contributed by atoms with Crippen molar-refractivity contribution in [2.24, 2.45) is 11.3 Å². The summed E-state index contributed by atoms with van der Waals surface area (Å²) in [5.41, 5.74) is 0.767. The molecule has 1 N–H and O–H groups in total. The highest BCUT2D eigenvalue weighted by Gasteiger charge is 2.24. The molecule has 0 heterocycles. The lowest BCUT2D eigenvalue weighted by atomic mass is 9.81. The Kier molecular flexibility index (Phi) is 6.28. The molecule has 0 aliphatic heterocycles. The predicted molar refractivity (Wildman–Crippen MR) is 81.2 cm³/mol. The van der Waals surface area contributed by atoms with Gasteiger partial charge in [-0.1, -0.05) is 39.3 Å². The standard InChI is InChI=1S/C16H25ClFN/c1-5-16(4,11-19-10-12(2)3)9-13-8-14(17)6-7-15(13)18/h6-8,12,19H,5,9-11H2,1-4H3. The zero-order valence-corrected chi connectivity index (χ0v) is 13.1. The van der Waals surface area contributed by atoms with E-state index in [4.69, 9.17) is 11.6 Å². The summed E-state index contributed by atoms with van der Waals surface area (Å²) in [6, 6.07) is 4.79. The SMILES string of the molecule is CCC(C)(CNCC(C)C)Cc1cc(Cl)ccc1F. The van der Waals surface area contributed by atoms with Crippen molar-refractivity contribution in [1.82, 2.24) is 5.32 Å². The number of rotatable bonds is 7. The Balaban J connectivity index is 2.71. The zero-order chi connectivity index (χ0) is 14.5. The van der Waals surface area contributed by atoms with Crippen LogP contribution in [0.5, 0.6) is 0 Å². The van der Waals surface area contributed by atoms with Crippen LogP contribution in [0.1, 0.15) is 39.7 Å². The molecule has 0 aliphatic rings. The third kappa shape index (κ3) is 5.50. The molecule has 0 amide bonds. The van der Waals surface area contributed by atoms with E-state index in [2.05, 4.69) is 33.0 Å². The van der Waals surface area contributed by atoms with E-state index in [1.807, 2.05) is 0 Å². The van der Waals surface area contributed by atoms with Gasteiger partial charge in [0.15, 0.2) is 0 Å². The Labute approximate surface area is 121 Å². The number of benzene rings is 1. The van der Waals surface area contributed by atoms with Crippen LogP contribution >= 0.6 is 11.6 Å². The van der Waals surface area contributed by atoms with Crippen LogP contribution in [0.2, 0.25) is 5.02 Å². The third-order valence-corrected chi connectivity index (χ3v) is 3.82. The molecule has 3 heteroatoms. The van der Waals surface area contributed by atoms with Crippen molar-refractivity contribution in [2.75, 3.05) is 13.1 Å². The van der Waals surface area contributed by atoms with Gasteiger partial charge in [0.05, 0.1) is 0 Å². The molecule has 0 saturated heterocycles. The molecule has 108 valence electrons. The molecule has 0 spiro atoms. The van der Waals surface area contributed by atoms with Crippen LogP contribution in [0.4, 0.5) is 4.39 Å². The van der Waals surface area contributed by atoms with Gasteiger partial charge < -0.3 is 5.32 Å². The van der Waals surface area contributed by atoms with E-state index in [9.17, 15) is 4.39 Å². The van der Waals surface area contributed by atoms with E-state index in [-0.39, 0.29) is 11.2 Å². The van der Waals surface area contributed by atoms with Gasteiger partial charge in [-0.2, -0.15) is 0 Å². The first kappa shape index (κ1) is 16.5. The van der Waals surface area contributed by atoms with Gasteiger partial charge in [0.2, 0.25) is 0 Å². The van der Waals surface area contributed by atoms with E-state index < -0.39 is 0 Å². The van der Waals surface area contributed by atoms with Crippen molar-refractivity contribution in [3.63, 3.8) is 0 Å². The maximum Gasteiger partial charge on any atom is 0.126 e. The maximum absolute atomic E-state index is 13.8. The first-order chi connectivity index (χ1) is 8.86. The van der Waals surface area contributed by atoms with Crippen molar-refractivity contribution in [1.29, 1.82) is 0 Å². The van der Waals surface area contributed by atoms with E-state index >= 15 is 0 Å². The van der Waals surface area contributed by atoms with E-state index in [0.717, 1.165) is 19.5 Å². The lowest BCUT2D eigenvalue weighted by molar-refractivity contribution is 0.282. The van der Waals surface area contributed by atoms with Crippen LogP contribution in [-0.4, -0.2) is 13.1 Å². The summed E-state index contributed by atoms with van der Waals surface area (Å²) in [5.74, 6) is 0.469.